The highest BCUT2D eigenvalue weighted by Crippen LogP contribution is 2.65. The largest absolute Gasteiger partial charge is 0.341 e. The van der Waals surface area contributed by atoms with E-state index < -0.39 is 29.8 Å². The van der Waals surface area contributed by atoms with Gasteiger partial charge in [-0.15, -0.1) is 0 Å². The minimum absolute atomic E-state index is 0.612. The van der Waals surface area contributed by atoms with Crippen LogP contribution in [0.1, 0.15) is 0 Å². The van der Waals surface area contributed by atoms with Crippen molar-refractivity contribution < 1.29 is 0 Å². The van der Waals surface area contributed by atoms with E-state index in [2.05, 4.69) is 191 Å². The molecule has 2 nitrogen and oxygen atoms in total. The fourth-order valence-electron chi connectivity index (χ4n) is 7.52. The van der Waals surface area contributed by atoms with Crippen molar-refractivity contribution in [3.63, 3.8) is 0 Å². The Kier molecular flexibility index (Phi) is 8.04. The normalized spacial score (nSPS) is 18.5. The van der Waals surface area contributed by atoms with Gasteiger partial charge in [0.2, 0.25) is 7.74 Å². The predicted octanol–water partition coefficient (Wildman–Crippen LogP) is 10.5. The molecule has 6 heteroatoms. The number of benzene rings is 6. The summed E-state index contributed by atoms with van der Waals surface area (Å²) in [7, 11) is 0.421. The maximum absolute atomic E-state index is 2.67. The second-order valence-corrected chi connectivity index (χ2v) is 40.5. The number of hydrogen-bond acceptors (Lipinski definition) is 2. The van der Waals surface area contributed by atoms with Gasteiger partial charge in [0, 0.05) is 49.6 Å². The Bertz CT molecular complexity index is 2010. The molecular formula is C41H47N2P2Si2+. The topological polar surface area (TPSA) is 6.48 Å². The van der Waals surface area contributed by atoms with Gasteiger partial charge >= 0.3 is 0 Å². The van der Waals surface area contributed by atoms with Gasteiger partial charge in [-0.05, 0) is 77.6 Å². The minimum Gasteiger partial charge on any atom is -0.341 e. The van der Waals surface area contributed by atoms with Gasteiger partial charge in [0.25, 0.3) is 0 Å². The molecule has 1 heterocycles. The number of nitrogens with zero attached hydrogens (tertiary/aromatic N) is 2. The molecule has 0 bridgehead atoms. The summed E-state index contributed by atoms with van der Waals surface area (Å²) >= 11 is 0. The third-order valence-corrected chi connectivity index (χ3v) is 33.7. The van der Waals surface area contributed by atoms with Crippen molar-refractivity contribution >= 4 is 95.3 Å². The summed E-state index contributed by atoms with van der Waals surface area (Å²) in [6.45, 7) is 16.2. The first-order valence-corrected chi connectivity index (χ1v) is 29.0. The average molecular weight is 686 g/mol. The van der Waals surface area contributed by atoms with Crippen LogP contribution >= 0.6 is 14.3 Å². The van der Waals surface area contributed by atoms with Crippen LogP contribution in [-0.2, 0) is 0 Å². The van der Waals surface area contributed by atoms with E-state index in [1.165, 1.54) is 65.5 Å². The predicted molar refractivity (Wildman–Crippen MR) is 222 cm³/mol. The third-order valence-electron chi connectivity index (χ3n) is 10.4. The van der Waals surface area contributed by atoms with E-state index in [0.29, 0.717) is 0 Å². The Morgan fingerprint density at radius 2 is 0.809 bits per heavy atom. The molecule has 0 spiro atoms. The lowest BCUT2D eigenvalue weighted by Crippen LogP contribution is -2.43. The summed E-state index contributed by atoms with van der Waals surface area (Å²) in [5.74, 6) is 0. The fourth-order valence-corrected chi connectivity index (χ4v) is 25.3. The molecule has 0 aliphatic carbocycles. The SMILES string of the molecule is CN1c2ccccc2P([Si](C)(C)C)c2ccccc2N(C)c2cc3ccccc3cc2[P+](C)([Si](C)(C)C)c2cc3ccccc3cc21. The van der Waals surface area contributed by atoms with Crippen molar-refractivity contribution in [1.29, 1.82) is 0 Å². The van der Waals surface area contributed by atoms with Crippen LogP contribution < -0.4 is 31.0 Å². The van der Waals surface area contributed by atoms with Crippen molar-refractivity contribution in [3.8, 4) is 0 Å². The first kappa shape index (κ1) is 32.3. The van der Waals surface area contributed by atoms with Gasteiger partial charge < -0.3 is 9.80 Å². The Balaban J connectivity index is 1.71. The third kappa shape index (κ3) is 5.29. The van der Waals surface area contributed by atoms with Crippen LogP contribution in [0.15, 0.2) is 121 Å². The molecule has 238 valence electrons. The number of anilines is 4. The maximum Gasteiger partial charge on any atom is 0.232 e. The van der Waals surface area contributed by atoms with Gasteiger partial charge in [0.05, 0.1) is 19.1 Å². The second-order valence-electron chi connectivity index (χ2n) is 15.2. The van der Waals surface area contributed by atoms with Crippen LogP contribution in [0.5, 0.6) is 0 Å². The van der Waals surface area contributed by atoms with E-state index in [9.17, 15) is 0 Å². The zero-order valence-corrected chi connectivity index (χ0v) is 33.1. The quantitative estimate of drug-likeness (QED) is 0.132. The van der Waals surface area contributed by atoms with Gasteiger partial charge in [-0.25, -0.2) is 0 Å². The van der Waals surface area contributed by atoms with Crippen LogP contribution in [0.2, 0.25) is 39.3 Å². The van der Waals surface area contributed by atoms with Crippen LogP contribution in [0.25, 0.3) is 21.5 Å². The highest BCUT2D eigenvalue weighted by Gasteiger charge is 2.54. The van der Waals surface area contributed by atoms with E-state index in [-0.39, 0.29) is 0 Å². The molecule has 1 aliphatic rings. The van der Waals surface area contributed by atoms with Gasteiger partial charge in [-0.2, -0.15) is 0 Å². The van der Waals surface area contributed by atoms with Gasteiger partial charge in [0.15, 0.2) is 0 Å². The minimum atomic E-state index is -1.96. The number of rotatable bonds is 2. The van der Waals surface area contributed by atoms with Crippen molar-refractivity contribution in [2.45, 2.75) is 39.3 Å². The van der Waals surface area contributed by atoms with E-state index in [1.807, 2.05) is 0 Å². The standard InChI is InChI=1S/C41H47N2P2Si2/c1-42-34-22-14-16-24-38(34)44(46(4,5)6)39-25-17-15-23-35(39)43(2)37-27-31-19-11-13-21-33(31)29-41(37)45(3,47(7,8)9)40-28-32-20-12-10-18-30(32)26-36(40)42/h10-29H,1-9H3/q+1. The number of para-hydroxylation sites is 2. The average Bonchev–Trinajstić information content (AvgIpc) is 3.05. The molecule has 0 amide bonds. The summed E-state index contributed by atoms with van der Waals surface area (Å²) in [6, 6.07) is 46.8. The van der Waals surface area contributed by atoms with Crippen molar-refractivity contribution in [2.75, 3.05) is 30.6 Å². The molecule has 1 aliphatic heterocycles. The van der Waals surface area contributed by atoms with Crippen molar-refractivity contribution in [1.82, 2.24) is 0 Å². The smallest absolute Gasteiger partial charge is 0.232 e. The molecule has 0 radical (unpaired) electrons. The lowest BCUT2D eigenvalue weighted by Gasteiger charge is -2.41. The van der Waals surface area contributed by atoms with Gasteiger partial charge in [0.1, 0.15) is 10.6 Å². The second kappa shape index (κ2) is 11.7. The molecule has 6 aromatic carbocycles. The van der Waals surface area contributed by atoms with Gasteiger partial charge in [-0.3, -0.25) is 0 Å². The summed E-state index contributed by atoms with van der Waals surface area (Å²) < 4.78 is 0. The Morgan fingerprint density at radius 1 is 0.468 bits per heavy atom. The van der Waals surface area contributed by atoms with Crippen LogP contribution in [0.3, 0.4) is 0 Å². The Morgan fingerprint density at radius 3 is 1.17 bits per heavy atom. The molecule has 0 atom stereocenters. The maximum atomic E-state index is 2.67. The van der Waals surface area contributed by atoms with E-state index in [0.717, 1.165) is 0 Å². The molecule has 0 aromatic heterocycles. The van der Waals surface area contributed by atoms with Crippen LogP contribution in [0, 0.1) is 0 Å². The van der Waals surface area contributed by atoms with Gasteiger partial charge in [-0.1, -0.05) is 112 Å². The van der Waals surface area contributed by atoms with Crippen molar-refractivity contribution in [2.24, 2.45) is 0 Å². The molecule has 0 unspecified atom stereocenters. The molecule has 6 aromatic rings. The Hall–Kier alpha value is -3.27. The zero-order chi connectivity index (χ0) is 33.3. The molecule has 7 rings (SSSR count). The highest BCUT2D eigenvalue weighted by molar-refractivity contribution is 8.17. The van der Waals surface area contributed by atoms with Crippen LogP contribution in [-0.4, -0.2) is 36.2 Å². The number of fused-ring (bicyclic) bond motifs is 6. The molecule has 0 saturated heterocycles. The van der Waals surface area contributed by atoms with E-state index >= 15 is 0 Å². The molecule has 47 heavy (non-hydrogen) atoms. The highest BCUT2D eigenvalue weighted by atomic mass is 31.4. The first-order valence-electron chi connectivity index (χ1n) is 16.7. The van der Waals surface area contributed by atoms with Crippen molar-refractivity contribution in [3.05, 3.63) is 121 Å². The summed E-state index contributed by atoms with van der Waals surface area (Å²) in [6.07, 6.45) is 0. The molecule has 0 saturated carbocycles. The zero-order valence-electron chi connectivity index (χ0n) is 29.3. The lowest BCUT2D eigenvalue weighted by atomic mass is 10.1. The van der Waals surface area contributed by atoms with Crippen LogP contribution in [0.4, 0.5) is 22.7 Å². The summed E-state index contributed by atoms with van der Waals surface area (Å²) in [5.41, 5.74) is 5.40. The monoisotopic (exact) mass is 685 g/mol. The number of hydrogen-bond donors (Lipinski definition) is 0. The summed E-state index contributed by atoms with van der Waals surface area (Å²) in [4.78, 5) is 5.14. The molecule has 0 fully saturated rings. The summed E-state index contributed by atoms with van der Waals surface area (Å²) in [5, 5.41) is 11.3. The fraction of sp³-hybridized carbons (Fsp3) is 0.220. The molecular weight excluding hydrogens is 639 g/mol. The molecule has 0 N–H and O–H groups in total. The van der Waals surface area contributed by atoms with E-state index in [4.69, 9.17) is 0 Å². The lowest BCUT2D eigenvalue weighted by molar-refractivity contribution is 1.23. The Labute approximate surface area is 285 Å². The van der Waals surface area contributed by atoms with E-state index in [1.54, 1.807) is 0 Å². The first-order chi connectivity index (χ1) is 22.3.